The maximum Gasteiger partial charge on any atom is 0.415 e. The van der Waals surface area contributed by atoms with Crippen molar-refractivity contribution in [1.82, 2.24) is 5.32 Å². The van der Waals surface area contributed by atoms with Gasteiger partial charge in [-0.3, -0.25) is 10.1 Å². The summed E-state index contributed by atoms with van der Waals surface area (Å²) in [5, 5.41) is 13.3. The van der Waals surface area contributed by atoms with E-state index in [-0.39, 0.29) is 12.5 Å². The Morgan fingerprint density at radius 2 is 2.47 bits per heavy atom. The largest absolute Gasteiger partial charge is 0.474 e. The van der Waals surface area contributed by atoms with E-state index in [2.05, 4.69) is 10.1 Å². The molecule has 0 radical (unpaired) electrons. The molecule has 1 heterocycles. The van der Waals surface area contributed by atoms with Crippen LogP contribution in [0.15, 0.2) is 11.6 Å². The van der Waals surface area contributed by atoms with Gasteiger partial charge in [0.2, 0.25) is 0 Å². The summed E-state index contributed by atoms with van der Waals surface area (Å²) in [7, 11) is 0. The molecule has 0 saturated carbocycles. The summed E-state index contributed by atoms with van der Waals surface area (Å²) >= 11 is 0. The number of rotatable bonds is 3. The van der Waals surface area contributed by atoms with Gasteiger partial charge in [-0.1, -0.05) is 0 Å². The lowest BCUT2D eigenvalue weighted by atomic mass is 10.3. The van der Waals surface area contributed by atoms with Crippen LogP contribution in [0.1, 0.15) is 13.3 Å². The Morgan fingerprint density at radius 3 is 2.93 bits per heavy atom. The molecule has 1 aliphatic rings. The zero-order valence-corrected chi connectivity index (χ0v) is 8.32. The van der Waals surface area contributed by atoms with E-state index in [0.717, 1.165) is 6.42 Å². The van der Waals surface area contributed by atoms with E-state index in [9.17, 15) is 14.9 Å². The molecular formula is C8H12N2O5. The third kappa shape index (κ3) is 2.83. The molecule has 0 amide bonds. The summed E-state index contributed by atoms with van der Waals surface area (Å²) < 4.78 is 9.55. The highest BCUT2D eigenvalue weighted by molar-refractivity contribution is 5.86. The molecule has 15 heavy (non-hydrogen) atoms. The van der Waals surface area contributed by atoms with E-state index in [0.29, 0.717) is 13.2 Å². The average Bonchev–Trinajstić information content (AvgIpc) is 2.19. The Balaban J connectivity index is 2.88. The monoisotopic (exact) mass is 216 g/mol. The van der Waals surface area contributed by atoms with E-state index >= 15 is 0 Å². The van der Waals surface area contributed by atoms with Gasteiger partial charge in [0.25, 0.3) is 5.88 Å². The molecule has 0 bridgehead atoms. The van der Waals surface area contributed by atoms with Crippen molar-refractivity contribution in [2.24, 2.45) is 0 Å². The van der Waals surface area contributed by atoms with Gasteiger partial charge in [-0.2, -0.15) is 0 Å². The highest BCUT2D eigenvalue weighted by Crippen LogP contribution is 2.10. The van der Waals surface area contributed by atoms with E-state index in [1.165, 1.54) is 0 Å². The summed E-state index contributed by atoms with van der Waals surface area (Å²) in [5.74, 6) is -1.09. The lowest BCUT2D eigenvalue weighted by Crippen LogP contribution is -2.30. The van der Waals surface area contributed by atoms with Crippen LogP contribution in [0.3, 0.4) is 0 Å². The molecule has 0 atom stereocenters. The number of nitrogens with one attached hydrogen (secondary N) is 1. The Bertz CT molecular complexity index is 291. The fourth-order valence-corrected chi connectivity index (χ4v) is 1.10. The highest BCUT2D eigenvalue weighted by atomic mass is 16.6. The minimum Gasteiger partial charge on any atom is -0.474 e. The predicted molar refractivity (Wildman–Crippen MR) is 49.2 cm³/mol. The van der Waals surface area contributed by atoms with Gasteiger partial charge >= 0.3 is 11.7 Å². The first kappa shape index (κ1) is 11.3. The van der Waals surface area contributed by atoms with Crippen LogP contribution >= 0.6 is 0 Å². The van der Waals surface area contributed by atoms with Gasteiger partial charge in [0.05, 0.1) is 18.1 Å². The minimum atomic E-state index is -0.980. The predicted octanol–water partition coefficient (Wildman–Crippen LogP) is 0.00520. The van der Waals surface area contributed by atoms with Gasteiger partial charge in [0.1, 0.15) is 0 Å². The summed E-state index contributed by atoms with van der Waals surface area (Å²) in [4.78, 5) is 21.1. The first-order valence-electron chi connectivity index (χ1n) is 4.59. The smallest absolute Gasteiger partial charge is 0.415 e. The van der Waals surface area contributed by atoms with Crippen molar-refractivity contribution in [2.75, 3.05) is 19.8 Å². The zero-order chi connectivity index (χ0) is 11.3. The van der Waals surface area contributed by atoms with Gasteiger partial charge in [-0.25, -0.2) is 4.79 Å². The maximum absolute atomic E-state index is 11.2. The number of hydrogen-bond acceptors (Lipinski definition) is 6. The molecular weight excluding hydrogens is 204 g/mol. The Labute approximate surface area is 86.2 Å². The van der Waals surface area contributed by atoms with Crippen molar-refractivity contribution in [1.29, 1.82) is 0 Å². The maximum atomic E-state index is 11.2. The van der Waals surface area contributed by atoms with Crippen molar-refractivity contribution in [2.45, 2.75) is 13.3 Å². The molecule has 1 fully saturated rings. The molecule has 7 nitrogen and oxygen atoms in total. The Hall–Kier alpha value is -1.79. The van der Waals surface area contributed by atoms with E-state index < -0.39 is 16.6 Å². The molecule has 0 aromatic rings. The fourth-order valence-electron chi connectivity index (χ4n) is 1.10. The third-order valence-electron chi connectivity index (χ3n) is 1.72. The van der Waals surface area contributed by atoms with E-state index in [4.69, 9.17) is 4.74 Å². The van der Waals surface area contributed by atoms with Crippen LogP contribution in [0.5, 0.6) is 0 Å². The van der Waals surface area contributed by atoms with Crippen LogP contribution in [0.4, 0.5) is 0 Å². The quantitative estimate of drug-likeness (QED) is 0.309. The van der Waals surface area contributed by atoms with Gasteiger partial charge in [-0.15, -0.1) is 0 Å². The van der Waals surface area contributed by atoms with Gasteiger partial charge in [0, 0.05) is 6.54 Å². The molecule has 0 spiro atoms. The average molecular weight is 216 g/mol. The van der Waals surface area contributed by atoms with Gasteiger partial charge < -0.3 is 14.8 Å². The highest BCUT2D eigenvalue weighted by Gasteiger charge is 2.32. The molecule has 1 rings (SSSR count). The molecule has 0 aliphatic carbocycles. The normalized spacial score (nSPS) is 18.5. The molecule has 0 aromatic heterocycles. The SMILES string of the molecule is CCOC(=O)/C(=C1\NCCCO1)[N+](=O)[O-]. The van der Waals surface area contributed by atoms with Crippen molar-refractivity contribution in [3.63, 3.8) is 0 Å². The summed E-state index contributed by atoms with van der Waals surface area (Å²) in [5.41, 5.74) is -0.670. The molecule has 0 aromatic carbocycles. The minimum absolute atomic E-state index is 0.0868. The summed E-state index contributed by atoms with van der Waals surface area (Å²) in [6.07, 6.45) is 0.747. The van der Waals surface area contributed by atoms with E-state index in [1.54, 1.807) is 6.92 Å². The summed E-state index contributed by atoms with van der Waals surface area (Å²) in [6, 6.07) is 0. The van der Waals surface area contributed by atoms with Crippen molar-refractivity contribution >= 4 is 5.97 Å². The number of esters is 1. The molecule has 0 unspecified atom stereocenters. The van der Waals surface area contributed by atoms with Crippen LogP contribution in [-0.2, 0) is 14.3 Å². The van der Waals surface area contributed by atoms with Crippen molar-refractivity contribution in [3.8, 4) is 0 Å². The molecule has 1 N–H and O–H groups in total. The zero-order valence-electron chi connectivity index (χ0n) is 8.32. The van der Waals surface area contributed by atoms with Gasteiger partial charge in [-0.05, 0) is 13.3 Å². The van der Waals surface area contributed by atoms with Crippen LogP contribution in [-0.4, -0.2) is 30.7 Å². The Kier molecular flexibility index (Phi) is 3.90. The van der Waals surface area contributed by atoms with Crippen molar-refractivity contribution in [3.05, 3.63) is 21.7 Å². The van der Waals surface area contributed by atoms with Crippen LogP contribution < -0.4 is 5.32 Å². The lowest BCUT2D eigenvalue weighted by molar-refractivity contribution is -0.425. The second-order valence-electron chi connectivity index (χ2n) is 2.78. The number of nitrogens with zero attached hydrogens (tertiary/aromatic N) is 1. The molecule has 1 saturated heterocycles. The fraction of sp³-hybridized carbons (Fsp3) is 0.625. The third-order valence-corrected chi connectivity index (χ3v) is 1.72. The number of nitro groups is 1. The topological polar surface area (TPSA) is 90.7 Å². The Morgan fingerprint density at radius 1 is 1.73 bits per heavy atom. The van der Waals surface area contributed by atoms with Gasteiger partial charge in [0.15, 0.2) is 0 Å². The van der Waals surface area contributed by atoms with Crippen LogP contribution in [0.25, 0.3) is 0 Å². The van der Waals surface area contributed by atoms with E-state index in [1.807, 2.05) is 0 Å². The number of hydrogen-bond donors (Lipinski definition) is 1. The van der Waals surface area contributed by atoms with Crippen LogP contribution in [0, 0.1) is 10.1 Å². The molecule has 84 valence electrons. The number of ether oxygens (including phenoxy) is 2. The second kappa shape index (κ2) is 5.18. The standard InChI is InChI=1S/C8H12N2O5/c1-2-14-8(11)6(10(12)13)7-9-4-3-5-15-7/h9H,2-5H2,1H3/b7-6-. The molecule has 7 heteroatoms. The van der Waals surface area contributed by atoms with Crippen LogP contribution in [0.2, 0.25) is 0 Å². The molecule has 1 aliphatic heterocycles. The first-order chi connectivity index (χ1) is 7.16. The number of carbonyl (C=O) groups is 1. The van der Waals surface area contributed by atoms with Crippen molar-refractivity contribution < 1.29 is 19.2 Å². The summed E-state index contributed by atoms with van der Waals surface area (Å²) in [6.45, 7) is 2.57. The lowest BCUT2D eigenvalue weighted by Gasteiger charge is -2.17. The number of carbonyl (C=O) groups excluding carboxylic acids is 1. The second-order valence-corrected chi connectivity index (χ2v) is 2.78. The first-order valence-corrected chi connectivity index (χ1v) is 4.59.